The van der Waals surface area contributed by atoms with Crippen molar-refractivity contribution in [1.82, 2.24) is 10.2 Å². The molecule has 1 saturated carbocycles. The number of aryl methyl sites for hydroxylation is 1. The molecule has 4 heteroatoms. The van der Waals surface area contributed by atoms with Gasteiger partial charge >= 0.3 is 0 Å². The maximum atomic E-state index is 12.3. The smallest absolute Gasteiger partial charge is 0.224 e. The maximum Gasteiger partial charge on any atom is 0.224 e. The number of hydrogen-bond donors (Lipinski definition) is 2. The minimum Gasteiger partial charge on any atom is -0.353 e. The second-order valence-electron chi connectivity index (χ2n) is 7.19. The summed E-state index contributed by atoms with van der Waals surface area (Å²) in [7, 11) is 0. The average molecular weight is 315 g/mol. The summed E-state index contributed by atoms with van der Waals surface area (Å²) < 4.78 is 0. The highest BCUT2D eigenvalue weighted by Crippen LogP contribution is 2.25. The summed E-state index contributed by atoms with van der Waals surface area (Å²) in [5.74, 6) is 0.229. The van der Waals surface area contributed by atoms with Gasteiger partial charge < -0.3 is 11.1 Å². The maximum absolute atomic E-state index is 12.3. The van der Waals surface area contributed by atoms with Gasteiger partial charge in [-0.05, 0) is 43.7 Å². The Balaban J connectivity index is 1.45. The molecule has 0 unspecified atom stereocenters. The fourth-order valence-electron chi connectivity index (χ4n) is 3.89. The Morgan fingerprint density at radius 1 is 1.22 bits per heavy atom. The summed E-state index contributed by atoms with van der Waals surface area (Å²) in [5, 5.41) is 3.24. The molecule has 1 heterocycles. The predicted molar refractivity (Wildman–Crippen MR) is 92.9 cm³/mol. The van der Waals surface area contributed by atoms with Crippen LogP contribution in [-0.2, 0) is 11.3 Å². The fourth-order valence-corrected chi connectivity index (χ4v) is 3.89. The molecule has 1 aliphatic carbocycles. The molecule has 2 atom stereocenters. The van der Waals surface area contributed by atoms with Crippen molar-refractivity contribution >= 4 is 5.91 Å². The molecule has 2 fully saturated rings. The van der Waals surface area contributed by atoms with Crippen LogP contribution in [0.1, 0.15) is 43.2 Å². The van der Waals surface area contributed by atoms with Crippen molar-refractivity contribution in [2.24, 2.45) is 11.7 Å². The van der Waals surface area contributed by atoms with Crippen LogP contribution in [0.25, 0.3) is 0 Å². The van der Waals surface area contributed by atoms with Crippen LogP contribution >= 0.6 is 0 Å². The highest BCUT2D eigenvalue weighted by atomic mass is 16.2. The van der Waals surface area contributed by atoms with Crippen molar-refractivity contribution < 1.29 is 4.79 Å². The highest BCUT2D eigenvalue weighted by Gasteiger charge is 2.32. The van der Waals surface area contributed by atoms with E-state index in [2.05, 4.69) is 41.4 Å². The molecule has 1 aliphatic heterocycles. The molecule has 3 rings (SSSR count). The zero-order valence-corrected chi connectivity index (χ0v) is 14.1. The summed E-state index contributed by atoms with van der Waals surface area (Å²) in [5.41, 5.74) is 8.81. The minimum absolute atomic E-state index is 0.0417. The fraction of sp³-hybridized carbons (Fsp3) is 0.632. The lowest BCUT2D eigenvalue weighted by Crippen LogP contribution is -2.48. The molecule has 126 valence electrons. The predicted octanol–water partition coefficient (Wildman–Crippen LogP) is 2.20. The van der Waals surface area contributed by atoms with E-state index >= 15 is 0 Å². The number of rotatable bonds is 4. The molecule has 1 aromatic rings. The average Bonchev–Trinajstić information content (AvgIpc) is 2.98. The van der Waals surface area contributed by atoms with Crippen LogP contribution in [0.4, 0.5) is 0 Å². The van der Waals surface area contributed by atoms with Gasteiger partial charge in [0.1, 0.15) is 0 Å². The topological polar surface area (TPSA) is 58.4 Å². The number of nitrogens with one attached hydrogen (secondary N) is 1. The normalized spacial score (nSPS) is 26.3. The molecule has 2 aliphatic rings. The number of carbonyl (C=O) groups is 1. The first-order valence-electron chi connectivity index (χ1n) is 8.96. The Morgan fingerprint density at radius 2 is 1.96 bits per heavy atom. The molecular weight excluding hydrogens is 286 g/mol. The first-order valence-corrected chi connectivity index (χ1v) is 8.96. The Morgan fingerprint density at radius 3 is 2.61 bits per heavy atom. The van der Waals surface area contributed by atoms with Gasteiger partial charge in [-0.25, -0.2) is 0 Å². The monoisotopic (exact) mass is 315 g/mol. The summed E-state index contributed by atoms with van der Waals surface area (Å²) in [6.45, 7) is 5.29. The van der Waals surface area contributed by atoms with Crippen molar-refractivity contribution in [2.75, 3.05) is 13.1 Å². The van der Waals surface area contributed by atoms with Gasteiger partial charge in [0.15, 0.2) is 0 Å². The van der Waals surface area contributed by atoms with Gasteiger partial charge in [0.2, 0.25) is 5.91 Å². The van der Waals surface area contributed by atoms with Crippen LogP contribution in [0.3, 0.4) is 0 Å². The molecular formula is C19H29N3O. The molecule has 23 heavy (non-hydrogen) atoms. The van der Waals surface area contributed by atoms with E-state index in [0.717, 1.165) is 51.7 Å². The number of amides is 1. The molecule has 0 spiro atoms. The van der Waals surface area contributed by atoms with E-state index in [9.17, 15) is 4.79 Å². The molecule has 0 bridgehead atoms. The Kier molecular flexibility index (Phi) is 5.34. The van der Waals surface area contributed by atoms with Crippen LogP contribution in [0.2, 0.25) is 0 Å². The minimum atomic E-state index is 0.0417. The molecule has 1 saturated heterocycles. The van der Waals surface area contributed by atoms with Crippen molar-refractivity contribution in [1.29, 1.82) is 0 Å². The number of nitrogens with zero attached hydrogens (tertiary/aromatic N) is 1. The van der Waals surface area contributed by atoms with Crippen molar-refractivity contribution in [3.63, 3.8) is 0 Å². The van der Waals surface area contributed by atoms with Crippen molar-refractivity contribution in [3.05, 3.63) is 35.4 Å². The molecule has 0 radical (unpaired) electrons. The number of likely N-dealkylation sites (tertiary alicyclic amines) is 1. The standard InChI is InChI=1S/C19H29N3O/c1-14-5-2-3-6-15(14)13-22-11-9-16(10-12-22)21-19(23)17-7-4-8-18(17)20/h2-3,5-6,16-18H,4,7-13,20H2,1H3,(H,21,23)/t17-,18-/m0/s1. The quantitative estimate of drug-likeness (QED) is 0.895. The largest absolute Gasteiger partial charge is 0.353 e. The van der Waals surface area contributed by atoms with E-state index in [1.807, 2.05) is 0 Å². The van der Waals surface area contributed by atoms with Crippen molar-refractivity contribution in [3.8, 4) is 0 Å². The summed E-state index contributed by atoms with van der Waals surface area (Å²) in [4.78, 5) is 14.8. The van der Waals surface area contributed by atoms with Crippen LogP contribution in [-0.4, -0.2) is 36.0 Å². The summed E-state index contributed by atoms with van der Waals surface area (Å²) in [6, 6.07) is 8.98. The zero-order chi connectivity index (χ0) is 16.2. The molecule has 3 N–H and O–H groups in total. The third-order valence-electron chi connectivity index (χ3n) is 5.50. The number of piperidine rings is 1. The Hall–Kier alpha value is -1.39. The Labute approximate surface area is 139 Å². The second kappa shape index (κ2) is 7.45. The number of benzene rings is 1. The SMILES string of the molecule is Cc1ccccc1CN1CCC(NC(=O)[C@H]2CCC[C@@H]2N)CC1. The van der Waals surface area contributed by atoms with E-state index in [1.54, 1.807) is 0 Å². The van der Waals surface area contributed by atoms with E-state index in [1.165, 1.54) is 11.1 Å². The lowest BCUT2D eigenvalue weighted by molar-refractivity contribution is -0.126. The first kappa shape index (κ1) is 16.5. The molecule has 4 nitrogen and oxygen atoms in total. The van der Waals surface area contributed by atoms with Gasteiger partial charge in [-0.15, -0.1) is 0 Å². The van der Waals surface area contributed by atoms with Gasteiger partial charge in [-0.2, -0.15) is 0 Å². The molecule has 1 aromatic carbocycles. The lowest BCUT2D eigenvalue weighted by atomic mass is 9.99. The van der Waals surface area contributed by atoms with Crippen molar-refractivity contribution in [2.45, 2.75) is 57.7 Å². The van der Waals surface area contributed by atoms with E-state index in [0.29, 0.717) is 6.04 Å². The third kappa shape index (κ3) is 4.12. The summed E-state index contributed by atoms with van der Waals surface area (Å²) in [6.07, 6.45) is 5.12. The van der Waals surface area contributed by atoms with Crippen LogP contribution in [0.15, 0.2) is 24.3 Å². The van der Waals surface area contributed by atoms with Crippen LogP contribution in [0, 0.1) is 12.8 Å². The molecule has 1 amide bonds. The molecule has 0 aromatic heterocycles. The van der Waals surface area contributed by atoms with Gasteiger partial charge in [0, 0.05) is 31.7 Å². The second-order valence-corrected chi connectivity index (χ2v) is 7.19. The van der Waals surface area contributed by atoms with E-state index in [-0.39, 0.29) is 17.9 Å². The van der Waals surface area contributed by atoms with Gasteiger partial charge in [0.25, 0.3) is 0 Å². The van der Waals surface area contributed by atoms with Gasteiger partial charge in [0.05, 0.1) is 5.92 Å². The third-order valence-corrected chi connectivity index (χ3v) is 5.50. The number of nitrogens with two attached hydrogens (primary N) is 1. The van der Waals surface area contributed by atoms with Crippen LogP contribution < -0.4 is 11.1 Å². The van der Waals surface area contributed by atoms with E-state index in [4.69, 9.17) is 5.73 Å². The van der Waals surface area contributed by atoms with E-state index < -0.39 is 0 Å². The summed E-state index contributed by atoms with van der Waals surface area (Å²) >= 11 is 0. The first-order chi connectivity index (χ1) is 11.1. The number of hydrogen-bond acceptors (Lipinski definition) is 3. The zero-order valence-electron chi connectivity index (χ0n) is 14.1. The number of carbonyl (C=O) groups excluding carboxylic acids is 1. The highest BCUT2D eigenvalue weighted by molar-refractivity contribution is 5.80. The lowest BCUT2D eigenvalue weighted by Gasteiger charge is -2.33. The van der Waals surface area contributed by atoms with Gasteiger partial charge in [-0.3, -0.25) is 9.69 Å². The van der Waals surface area contributed by atoms with Crippen LogP contribution in [0.5, 0.6) is 0 Å². The Bertz CT molecular complexity index is 537. The van der Waals surface area contributed by atoms with Gasteiger partial charge in [-0.1, -0.05) is 30.7 Å².